The molecule has 0 unspecified atom stereocenters. The summed E-state index contributed by atoms with van der Waals surface area (Å²) in [5, 5.41) is 2.65. The molecule has 0 radical (unpaired) electrons. The number of nitrogens with one attached hydrogen (secondary N) is 1. The molecule has 0 fully saturated rings. The van der Waals surface area contributed by atoms with Gasteiger partial charge in [0.05, 0.1) is 0 Å². The maximum atomic E-state index is 12.0. The Balaban J connectivity index is 2.06. The van der Waals surface area contributed by atoms with Gasteiger partial charge in [0, 0.05) is 16.9 Å². The van der Waals surface area contributed by atoms with Gasteiger partial charge >= 0.3 is 6.61 Å². The quantitative estimate of drug-likeness (QED) is 0.848. The molecule has 2 rings (SSSR count). The second-order valence-corrected chi connectivity index (χ2v) is 4.43. The number of aryl methyl sites for hydroxylation is 1. The molecule has 0 aliphatic heterocycles. The number of carbonyl (C=O) groups excluding carboxylic acids is 1. The van der Waals surface area contributed by atoms with Crippen molar-refractivity contribution in [2.45, 2.75) is 13.5 Å². The van der Waals surface area contributed by atoms with E-state index in [1.165, 1.54) is 24.3 Å². The molecule has 0 heterocycles. The van der Waals surface area contributed by atoms with Crippen LogP contribution < -0.4 is 15.8 Å². The highest BCUT2D eigenvalue weighted by Crippen LogP contribution is 2.19. The van der Waals surface area contributed by atoms with Crippen LogP contribution in [0.1, 0.15) is 15.9 Å². The number of halogens is 2. The van der Waals surface area contributed by atoms with E-state index in [0.29, 0.717) is 16.9 Å². The van der Waals surface area contributed by atoms with E-state index in [2.05, 4.69) is 10.1 Å². The Morgan fingerprint density at radius 3 is 2.43 bits per heavy atom. The summed E-state index contributed by atoms with van der Waals surface area (Å²) in [5.41, 5.74) is 8.07. The highest BCUT2D eigenvalue weighted by molar-refractivity contribution is 6.04. The first-order valence-corrected chi connectivity index (χ1v) is 6.18. The number of alkyl halides is 2. The Hall–Kier alpha value is -2.63. The molecule has 1 amide bonds. The van der Waals surface area contributed by atoms with E-state index < -0.39 is 6.61 Å². The predicted octanol–water partition coefficient (Wildman–Crippen LogP) is 3.43. The fourth-order valence-electron chi connectivity index (χ4n) is 1.70. The molecule has 0 aliphatic rings. The van der Waals surface area contributed by atoms with Gasteiger partial charge in [-0.1, -0.05) is 6.07 Å². The number of carbonyl (C=O) groups is 1. The summed E-state index contributed by atoms with van der Waals surface area (Å²) in [5.74, 6) is -0.299. The molecule has 0 atom stereocenters. The van der Waals surface area contributed by atoms with Crippen LogP contribution in [0.25, 0.3) is 0 Å². The molecule has 21 heavy (non-hydrogen) atoms. The van der Waals surface area contributed by atoms with Crippen LogP contribution in [0.4, 0.5) is 20.2 Å². The van der Waals surface area contributed by atoms with Crippen molar-refractivity contribution in [1.82, 2.24) is 0 Å². The second-order valence-electron chi connectivity index (χ2n) is 4.43. The zero-order valence-corrected chi connectivity index (χ0v) is 11.3. The van der Waals surface area contributed by atoms with Crippen molar-refractivity contribution in [3.63, 3.8) is 0 Å². The van der Waals surface area contributed by atoms with E-state index in [9.17, 15) is 13.6 Å². The average molecular weight is 292 g/mol. The first-order valence-electron chi connectivity index (χ1n) is 6.18. The first kappa shape index (κ1) is 14.8. The fraction of sp³-hybridized carbons (Fsp3) is 0.133. The Labute approximate surface area is 120 Å². The lowest BCUT2D eigenvalue weighted by molar-refractivity contribution is -0.0498. The summed E-state index contributed by atoms with van der Waals surface area (Å²) in [6.07, 6.45) is 0. The van der Waals surface area contributed by atoms with Gasteiger partial charge in [0.1, 0.15) is 5.75 Å². The van der Waals surface area contributed by atoms with Crippen molar-refractivity contribution in [3.8, 4) is 5.75 Å². The minimum atomic E-state index is -2.87. The van der Waals surface area contributed by atoms with Crippen LogP contribution in [0.5, 0.6) is 5.75 Å². The summed E-state index contributed by atoms with van der Waals surface area (Å²) in [6.45, 7) is -1.03. The van der Waals surface area contributed by atoms with Crippen molar-refractivity contribution >= 4 is 17.3 Å². The molecular formula is C15H14F2N2O2. The second kappa shape index (κ2) is 6.21. The maximum Gasteiger partial charge on any atom is 0.387 e. The number of hydrogen-bond donors (Lipinski definition) is 2. The van der Waals surface area contributed by atoms with Crippen molar-refractivity contribution in [2.24, 2.45) is 0 Å². The predicted molar refractivity (Wildman–Crippen MR) is 76.6 cm³/mol. The largest absolute Gasteiger partial charge is 0.435 e. The van der Waals surface area contributed by atoms with Crippen molar-refractivity contribution in [3.05, 3.63) is 53.6 Å². The maximum absolute atomic E-state index is 12.0. The van der Waals surface area contributed by atoms with Gasteiger partial charge in [-0.2, -0.15) is 8.78 Å². The monoisotopic (exact) mass is 292 g/mol. The van der Waals surface area contributed by atoms with Crippen LogP contribution in [0, 0.1) is 6.92 Å². The van der Waals surface area contributed by atoms with Gasteiger partial charge in [-0.15, -0.1) is 0 Å². The SMILES string of the molecule is Cc1ccc(C(=O)Nc2ccc(OC(F)F)cc2)cc1N. The van der Waals surface area contributed by atoms with E-state index in [-0.39, 0.29) is 11.7 Å². The van der Waals surface area contributed by atoms with E-state index in [0.717, 1.165) is 5.56 Å². The van der Waals surface area contributed by atoms with Gasteiger partial charge in [0.15, 0.2) is 0 Å². The lowest BCUT2D eigenvalue weighted by atomic mass is 10.1. The average Bonchev–Trinajstić information content (AvgIpc) is 2.43. The number of rotatable bonds is 4. The molecular weight excluding hydrogens is 278 g/mol. The molecule has 3 N–H and O–H groups in total. The standard InChI is InChI=1S/C15H14F2N2O2/c1-9-2-3-10(8-13(9)18)14(20)19-11-4-6-12(7-5-11)21-15(16)17/h2-8,15H,18H2,1H3,(H,19,20). The van der Waals surface area contributed by atoms with Crippen LogP contribution >= 0.6 is 0 Å². The highest BCUT2D eigenvalue weighted by atomic mass is 19.3. The van der Waals surface area contributed by atoms with Crippen LogP contribution in [0.15, 0.2) is 42.5 Å². The van der Waals surface area contributed by atoms with Gasteiger partial charge in [-0.3, -0.25) is 4.79 Å². The number of nitrogen functional groups attached to an aromatic ring is 1. The minimum Gasteiger partial charge on any atom is -0.435 e. The Morgan fingerprint density at radius 2 is 1.86 bits per heavy atom. The van der Waals surface area contributed by atoms with Crippen LogP contribution in [-0.4, -0.2) is 12.5 Å². The van der Waals surface area contributed by atoms with E-state index in [4.69, 9.17) is 5.73 Å². The smallest absolute Gasteiger partial charge is 0.387 e. The van der Waals surface area contributed by atoms with E-state index in [1.807, 2.05) is 6.92 Å². The lowest BCUT2D eigenvalue weighted by Gasteiger charge is -2.08. The third-order valence-corrected chi connectivity index (χ3v) is 2.88. The van der Waals surface area contributed by atoms with Crippen LogP contribution in [0.3, 0.4) is 0 Å². The summed E-state index contributed by atoms with van der Waals surface area (Å²) in [4.78, 5) is 12.0. The van der Waals surface area contributed by atoms with Gasteiger partial charge in [0.2, 0.25) is 0 Å². The highest BCUT2D eigenvalue weighted by Gasteiger charge is 2.08. The molecule has 110 valence electrons. The molecule has 0 saturated carbocycles. The Bertz CT molecular complexity index is 643. The summed E-state index contributed by atoms with van der Waals surface area (Å²) >= 11 is 0. The minimum absolute atomic E-state index is 0.0302. The topological polar surface area (TPSA) is 64.3 Å². The molecule has 0 aliphatic carbocycles. The van der Waals surface area contributed by atoms with E-state index in [1.54, 1.807) is 18.2 Å². The van der Waals surface area contributed by atoms with Crippen molar-refractivity contribution in [2.75, 3.05) is 11.1 Å². The normalized spacial score (nSPS) is 10.5. The summed E-state index contributed by atoms with van der Waals surface area (Å²) in [6, 6.07) is 10.7. The van der Waals surface area contributed by atoms with Gasteiger partial charge < -0.3 is 15.8 Å². The van der Waals surface area contributed by atoms with Crippen molar-refractivity contribution < 1.29 is 18.3 Å². The number of hydrogen-bond acceptors (Lipinski definition) is 3. The fourth-order valence-corrected chi connectivity index (χ4v) is 1.70. The van der Waals surface area contributed by atoms with Gasteiger partial charge in [-0.25, -0.2) is 0 Å². The third-order valence-electron chi connectivity index (χ3n) is 2.88. The zero-order valence-electron chi connectivity index (χ0n) is 11.3. The molecule has 2 aromatic rings. The van der Waals surface area contributed by atoms with Crippen molar-refractivity contribution in [1.29, 1.82) is 0 Å². The van der Waals surface area contributed by atoms with Crippen LogP contribution in [0.2, 0.25) is 0 Å². The van der Waals surface area contributed by atoms with Gasteiger partial charge in [0.25, 0.3) is 5.91 Å². The number of nitrogens with two attached hydrogens (primary N) is 1. The first-order chi connectivity index (χ1) is 9.95. The lowest BCUT2D eigenvalue weighted by Crippen LogP contribution is -2.12. The number of benzene rings is 2. The van der Waals surface area contributed by atoms with Gasteiger partial charge in [-0.05, 0) is 48.9 Å². The van der Waals surface area contributed by atoms with Crippen LogP contribution in [-0.2, 0) is 0 Å². The number of anilines is 2. The Kier molecular flexibility index (Phi) is 4.37. The molecule has 4 nitrogen and oxygen atoms in total. The number of amides is 1. The molecule has 0 saturated heterocycles. The molecule has 6 heteroatoms. The third kappa shape index (κ3) is 3.92. The Morgan fingerprint density at radius 1 is 1.19 bits per heavy atom. The molecule has 0 aromatic heterocycles. The molecule has 2 aromatic carbocycles. The zero-order chi connectivity index (χ0) is 15.4. The molecule has 0 bridgehead atoms. The van der Waals surface area contributed by atoms with E-state index >= 15 is 0 Å². The number of ether oxygens (including phenoxy) is 1. The molecule has 0 spiro atoms. The summed E-state index contributed by atoms with van der Waals surface area (Å²) < 4.78 is 28.3. The summed E-state index contributed by atoms with van der Waals surface area (Å²) in [7, 11) is 0.